The molecule has 0 spiro atoms. The van der Waals surface area contributed by atoms with Gasteiger partial charge in [0.25, 0.3) is 0 Å². The standard InChI is InChI=1S/C25H37N5O6/c1-15(2)13-19(29-22(32)17(26)14-16-7-4-3-5-8-16)23(33)28-18(10-11-21(27)31)24(34)30-12-6-9-20(30)25(35)36/h3-5,7-8,15,17-20H,6,9-14,26H2,1-2H3,(H2,27,31)(H,28,33)(H,29,32)(H,35,36). The van der Waals surface area contributed by atoms with Crippen LogP contribution in [0.2, 0.25) is 0 Å². The minimum atomic E-state index is -1.16. The van der Waals surface area contributed by atoms with Crippen LogP contribution >= 0.6 is 0 Å². The molecule has 4 atom stereocenters. The Morgan fingerprint density at radius 1 is 1.06 bits per heavy atom. The van der Waals surface area contributed by atoms with Crippen molar-refractivity contribution in [3.05, 3.63) is 35.9 Å². The molecule has 1 aliphatic rings. The molecule has 11 heteroatoms. The zero-order chi connectivity index (χ0) is 26.8. The van der Waals surface area contributed by atoms with Crippen LogP contribution in [0.25, 0.3) is 0 Å². The number of carboxylic acid groups (broad SMARTS) is 1. The van der Waals surface area contributed by atoms with Crippen molar-refractivity contribution in [3.8, 4) is 0 Å². The summed E-state index contributed by atoms with van der Waals surface area (Å²) in [6.45, 7) is 4.00. The number of carboxylic acids is 1. The highest BCUT2D eigenvalue weighted by molar-refractivity contribution is 5.94. The molecule has 1 saturated heterocycles. The van der Waals surface area contributed by atoms with Crippen molar-refractivity contribution in [2.45, 2.75) is 76.5 Å². The highest BCUT2D eigenvalue weighted by Crippen LogP contribution is 2.20. The number of hydrogen-bond donors (Lipinski definition) is 5. The second-order valence-corrected chi connectivity index (χ2v) is 9.58. The van der Waals surface area contributed by atoms with Gasteiger partial charge in [0.15, 0.2) is 0 Å². The number of carbonyl (C=O) groups is 5. The van der Waals surface area contributed by atoms with E-state index in [0.29, 0.717) is 12.8 Å². The van der Waals surface area contributed by atoms with Crippen molar-refractivity contribution in [1.29, 1.82) is 0 Å². The summed E-state index contributed by atoms with van der Waals surface area (Å²) in [7, 11) is 0. The zero-order valence-corrected chi connectivity index (χ0v) is 20.8. The summed E-state index contributed by atoms with van der Waals surface area (Å²) in [5.74, 6) is -3.47. The van der Waals surface area contributed by atoms with E-state index in [2.05, 4.69) is 10.6 Å². The largest absolute Gasteiger partial charge is 0.480 e. The number of nitrogens with zero attached hydrogens (tertiary/aromatic N) is 1. The SMILES string of the molecule is CC(C)CC(NC(=O)C(N)Cc1ccccc1)C(=O)NC(CCC(N)=O)C(=O)N1CCCC1C(=O)O. The highest BCUT2D eigenvalue weighted by atomic mass is 16.4. The quantitative estimate of drug-likeness (QED) is 0.249. The molecule has 36 heavy (non-hydrogen) atoms. The number of hydrogen-bond acceptors (Lipinski definition) is 6. The molecule has 2 rings (SSSR count). The molecule has 0 aliphatic carbocycles. The van der Waals surface area contributed by atoms with Crippen LogP contribution in [0.3, 0.4) is 0 Å². The third-order valence-corrected chi connectivity index (χ3v) is 6.09. The van der Waals surface area contributed by atoms with Gasteiger partial charge in [0.1, 0.15) is 18.1 Å². The summed E-state index contributed by atoms with van der Waals surface area (Å²) in [6.07, 6.45) is 1.14. The van der Waals surface area contributed by atoms with Crippen LogP contribution in [0, 0.1) is 5.92 Å². The van der Waals surface area contributed by atoms with Gasteiger partial charge in [0.2, 0.25) is 23.6 Å². The first-order chi connectivity index (χ1) is 17.0. The normalized spacial score (nSPS) is 17.8. The van der Waals surface area contributed by atoms with E-state index in [-0.39, 0.29) is 38.1 Å². The lowest BCUT2D eigenvalue weighted by atomic mass is 10.0. The summed E-state index contributed by atoms with van der Waals surface area (Å²) >= 11 is 0. The Kier molecular flexibility index (Phi) is 10.8. The lowest BCUT2D eigenvalue weighted by Gasteiger charge is -2.29. The van der Waals surface area contributed by atoms with Gasteiger partial charge in [-0.2, -0.15) is 0 Å². The topological polar surface area (TPSA) is 185 Å². The third kappa shape index (κ3) is 8.63. The van der Waals surface area contributed by atoms with Crippen molar-refractivity contribution >= 4 is 29.6 Å². The van der Waals surface area contributed by atoms with Crippen molar-refractivity contribution in [3.63, 3.8) is 0 Å². The van der Waals surface area contributed by atoms with Gasteiger partial charge in [-0.25, -0.2) is 4.79 Å². The van der Waals surface area contributed by atoms with Crippen LogP contribution < -0.4 is 22.1 Å². The van der Waals surface area contributed by atoms with Crippen molar-refractivity contribution in [2.75, 3.05) is 6.54 Å². The lowest BCUT2D eigenvalue weighted by Crippen LogP contribution is -2.57. The van der Waals surface area contributed by atoms with E-state index in [1.165, 1.54) is 4.90 Å². The van der Waals surface area contributed by atoms with Crippen LogP contribution in [0.15, 0.2) is 30.3 Å². The lowest BCUT2D eigenvalue weighted by molar-refractivity contribution is -0.149. The Bertz CT molecular complexity index is 938. The molecule has 7 N–H and O–H groups in total. The fourth-order valence-corrected chi connectivity index (χ4v) is 4.25. The molecule has 4 amide bonds. The number of benzene rings is 1. The number of aliphatic carboxylic acids is 1. The van der Waals surface area contributed by atoms with Crippen LogP contribution in [-0.2, 0) is 30.4 Å². The molecule has 0 radical (unpaired) electrons. The van der Waals surface area contributed by atoms with Gasteiger partial charge in [0.05, 0.1) is 6.04 Å². The van der Waals surface area contributed by atoms with Crippen LogP contribution in [0.1, 0.15) is 51.5 Å². The smallest absolute Gasteiger partial charge is 0.326 e. The number of primary amides is 1. The van der Waals surface area contributed by atoms with Crippen molar-refractivity contribution in [1.82, 2.24) is 15.5 Å². The van der Waals surface area contributed by atoms with Crippen LogP contribution in [0.5, 0.6) is 0 Å². The first-order valence-corrected chi connectivity index (χ1v) is 12.2. The van der Waals surface area contributed by atoms with E-state index in [9.17, 15) is 29.1 Å². The maximum absolute atomic E-state index is 13.2. The Hall–Kier alpha value is -3.47. The Labute approximate surface area is 211 Å². The first kappa shape index (κ1) is 28.8. The second-order valence-electron chi connectivity index (χ2n) is 9.58. The van der Waals surface area contributed by atoms with Gasteiger partial charge in [-0.3, -0.25) is 19.2 Å². The molecular formula is C25H37N5O6. The van der Waals surface area contributed by atoms with E-state index in [0.717, 1.165) is 5.56 Å². The fraction of sp³-hybridized carbons (Fsp3) is 0.560. The maximum atomic E-state index is 13.2. The minimum absolute atomic E-state index is 0.0288. The molecule has 0 saturated carbocycles. The van der Waals surface area contributed by atoms with E-state index in [1.807, 2.05) is 44.2 Å². The van der Waals surface area contributed by atoms with Gasteiger partial charge in [0, 0.05) is 13.0 Å². The van der Waals surface area contributed by atoms with Gasteiger partial charge in [-0.15, -0.1) is 0 Å². The number of rotatable bonds is 13. The maximum Gasteiger partial charge on any atom is 0.326 e. The number of carbonyl (C=O) groups excluding carboxylic acids is 4. The number of amides is 4. The highest BCUT2D eigenvalue weighted by Gasteiger charge is 2.38. The average Bonchev–Trinajstić information content (AvgIpc) is 3.31. The van der Waals surface area contributed by atoms with E-state index in [1.54, 1.807) is 0 Å². The summed E-state index contributed by atoms with van der Waals surface area (Å²) in [5, 5.41) is 14.8. The Balaban J connectivity index is 2.14. The molecule has 1 aromatic rings. The summed E-state index contributed by atoms with van der Waals surface area (Å²) < 4.78 is 0. The van der Waals surface area contributed by atoms with Gasteiger partial charge >= 0.3 is 5.97 Å². The Morgan fingerprint density at radius 3 is 2.28 bits per heavy atom. The van der Waals surface area contributed by atoms with Gasteiger partial charge < -0.3 is 32.1 Å². The summed E-state index contributed by atoms with van der Waals surface area (Å²) in [6, 6.07) is 5.23. The number of nitrogens with one attached hydrogen (secondary N) is 2. The second kappa shape index (κ2) is 13.6. The molecule has 0 bridgehead atoms. The molecule has 4 unspecified atom stereocenters. The van der Waals surface area contributed by atoms with Gasteiger partial charge in [-0.1, -0.05) is 44.2 Å². The number of nitrogens with two attached hydrogens (primary N) is 2. The first-order valence-electron chi connectivity index (χ1n) is 12.2. The summed E-state index contributed by atoms with van der Waals surface area (Å²) in [4.78, 5) is 63.3. The molecule has 1 aromatic carbocycles. The Morgan fingerprint density at radius 2 is 1.69 bits per heavy atom. The molecular weight excluding hydrogens is 466 g/mol. The molecule has 198 valence electrons. The van der Waals surface area contributed by atoms with E-state index < -0.39 is 53.8 Å². The summed E-state index contributed by atoms with van der Waals surface area (Å²) in [5.41, 5.74) is 12.2. The van der Waals surface area contributed by atoms with Crippen LogP contribution in [-0.4, -0.2) is 70.3 Å². The average molecular weight is 504 g/mol. The van der Waals surface area contributed by atoms with Crippen LogP contribution in [0.4, 0.5) is 0 Å². The molecule has 1 heterocycles. The van der Waals surface area contributed by atoms with Crippen molar-refractivity contribution < 1.29 is 29.1 Å². The molecule has 11 nitrogen and oxygen atoms in total. The molecule has 0 aromatic heterocycles. The van der Waals surface area contributed by atoms with E-state index in [4.69, 9.17) is 11.5 Å². The molecule has 1 aliphatic heterocycles. The predicted octanol–water partition coefficient (Wildman–Crippen LogP) is -0.0868. The third-order valence-electron chi connectivity index (χ3n) is 6.09. The minimum Gasteiger partial charge on any atom is -0.480 e. The van der Waals surface area contributed by atoms with Gasteiger partial charge in [-0.05, 0) is 43.6 Å². The predicted molar refractivity (Wildman–Crippen MR) is 132 cm³/mol. The monoisotopic (exact) mass is 503 g/mol. The molecule has 1 fully saturated rings. The fourth-order valence-electron chi connectivity index (χ4n) is 4.25. The van der Waals surface area contributed by atoms with Crippen molar-refractivity contribution in [2.24, 2.45) is 17.4 Å². The van der Waals surface area contributed by atoms with E-state index >= 15 is 0 Å². The zero-order valence-electron chi connectivity index (χ0n) is 20.8. The number of likely N-dealkylation sites (tertiary alicyclic amines) is 1.